The Morgan fingerprint density at radius 3 is 2.55 bits per heavy atom. The zero-order valence-electron chi connectivity index (χ0n) is 16.5. The van der Waals surface area contributed by atoms with Crippen molar-refractivity contribution in [2.75, 3.05) is 5.75 Å². The molecule has 0 amide bonds. The van der Waals surface area contributed by atoms with E-state index in [0.29, 0.717) is 5.02 Å². The lowest BCUT2D eigenvalue weighted by molar-refractivity contribution is 0.880. The number of allylic oxidation sites excluding steroid dienone is 3. The summed E-state index contributed by atoms with van der Waals surface area (Å²) >= 11 is 7.74. The molecule has 1 heterocycles. The first-order valence-electron chi connectivity index (χ1n) is 9.61. The van der Waals surface area contributed by atoms with Gasteiger partial charge in [-0.25, -0.2) is 0 Å². The SMILES string of the molecule is C=C/C(=C\CCC)c1nnc(SC/C=C/c2ccccc2)n1-c1ccc(Cl)cc1. The molecule has 0 spiro atoms. The van der Waals surface area contributed by atoms with Crippen LogP contribution in [0.5, 0.6) is 0 Å². The summed E-state index contributed by atoms with van der Waals surface area (Å²) < 4.78 is 2.07. The maximum atomic E-state index is 6.09. The molecular formula is C24H24ClN3S. The van der Waals surface area contributed by atoms with E-state index in [4.69, 9.17) is 11.6 Å². The number of aromatic nitrogens is 3. The molecule has 5 heteroatoms. The Balaban J connectivity index is 1.89. The topological polar surface area (TPSA) is 30.7 Å². The Morgan fingerprint density at radius 1 is 1.10 bits per heavy atom. The lowest BCUT2D eigenvalue weighted by atomic mass is 10.1. The van der Waals surface area contributed by atoms with Crippen LogP contribution in [0.4, 0.5) is 0 Å². The largest absolute Gasteiger partial charge is 0.270 e. The molecule has 0 fully saturated rings. The summed E-state index contributed by atoms with van der Waals surface area (Å²) in [6.07, 6.45) is 10.3. The molecule has 0 aliphatic rings. The first-order chi connectivity index (χ1) is 14.2. The highest BCUT2D eigenvalue weighted by atomic mass is 35.5. The van der Waals surface area contributed by atoms with Crippen LogP contribution in [0.15, 0.2) is 84.6 Å². The standard InChI is InChI=1S/C24H24ClN3S/c1-3-5-13-20(4-2)23-26-27-24(28(23)22-16-14-21(25)15-17-22)29-18-9-12-19-10-7-6-8-11-19/h4,6-17H,2-3,5,18H2,1H3/b12-9+,20-13+. The third-order valence-electron chi connectivity index (χ3n) is 4.27. The molecule has 0 saturated heterocycles. The van der Waals surface area contributed by atoms with Gasteiger partial charge in [-0.05, 0) is 36.2 Å². The Hall–Kier alpha value is -2.56. The highest BCUT2D eigenvalue weighted by Gasteiger charge is 2.16. The van der Waals surface area contributed by atoms with E-state index in [1.54, 1.807) is 11.8 Å². The number of rotatable bonds is 9. The van der Waals surface area contributed by atoms with Crippen LogP contribution < -0.4 is 0 Å². The van der Waals surface area contributed by atoms with Crippen molar-refractivity contribution in [1.82, 2.24) is 14.8 Å². The van der Waals surface area contributed by atoms with Crippen molar-refractivity contribution in [2.45, 2.75) is 24.9 Å². The van der Waals surface area contributed by atoms with Crippen LogP contribution in [0.1, 0.15) is 31.2 Å². The van der Waals surface area contributed by atoms with Gasteiger partial charge < -0.3 is 0 Å². The highest BCUT2D eigenvalue weighted by Crippen LogP contribution is 2.27. The number of unbranched alkanes of at least 4 members (excludes halogenated alkanes) is 1. The van der Waals surface area contributed by atoms with Gasteiger partial charge in [0.25, 0.3) is 0 Å². The van der Waals surface area contributed by atoms with Gasteiger partial charge in [-0.15, -0.1) is 10.2 Å². The van der Waals surface area contributed by atoms with E-state index < -0.39 is 0 Å². The molecule has 2 aromatic carbocycles. The maximum absolute atomic E-state index is 6.09. The molecule has 3 nitrogen and oxygen atoms in total. The molecule has 1 aromatic heterocycles. The fourth-order valence-corrected chi connectivity index (χ4v) is 3.70. The summed E-state index contributed by atoms with van der Waals surface area (Å²) in [6, 6.07) is 18.0. The minimum atomic E-state index is 0.703. The molecule has 0 N–H and O–H groups in total. The van der Waals surface area contributed by atoms with Crippen molar-refractivity contribution in [3.8, 4) is 5.69 Å². The Labute approximate surface area is 181 Å². The van der Waals surface area contributed by atoms with Crippen molar-refractivity contribution < 1.29 is 0 Å². The number of nitrogens with zero attached hydrogens (tertiary/aromatic N) is 3. The normalized spacial score (nSPS) is 11.9. The molecule has 3 rings (SSSR count). The minimum Gasteiger partial charge on any atom is -0.270 e. The van der Waals surface area contributed by atoms with Gasteiger partial charge in [0.2, 0.25) is 0 Å². The number of benzene rings is 2. The summed E-state index contributed by atoms with van der Waals surface area (Å²) in [6.45, 7) is 6.12. The second kappa shape index (κ2) is 10.8. The third kappa shape index (κ3) is 5.72. The predicted octanol–water partition coefficient (Wildman–Crippen LogP) is 7.10. The zero-order chi connectivity index (χ0) is 20.5. The van der Waals surface area contributed by atoms with Crippen LogP contribution in [0.3, 0.4) is 0 Å². The molecule has 0 saturated carbocycles. The smallest absolute Gasteiger partial charge is 0.196 e. The first kappa shape index (κ1) is 21.2. The van der Waals surface area contributed by atoms with Gasteiger partial charge in [-0.1, -0.05) is 97.9 Å². The molecule has 148 valence electrons. The van der Waals surface area contributed by atoms with Gasteiger partial charge in [-0.3, -0.25) is 4.57 Å². The number of halogens is 1. The second-order valence-corrected chi connectivity index (χ2v) is 7.82. The van der Waals surface area contributed by atoms with E-state index in [0.717, 1.165) is 40.8 Å². The molecule has 0 unspecified atom stereocenters. The van der Waals surface area contributed by atoms with Crippen LogP contribution in [-0.2, 0) is 0 Å². The van der Waals surface area contributed by atoms with Gasteiger partial charge >= 0.3 is 0 Å². The van der Waals surface area contributed by atoms with Gasteiger partial charge in [0, 0.05) is 22.0 Å². The zero-order valence-corrected chi connectivity index (χ0v) is 18.0. The van der Waals surface area contributed by atoms with Crippen LogP contribution in [0.25, 0.3) is 17.3 Å². The van der Waals surface area contributed by atoms with Crippen LogP contribution in [-0.4, -0.2) is 20.5 Å². The van der Waals surface area contributed by atoms with Gasteiger partial charge in [0.1, 0.15) is 0 Å². The lowest BCUT2D eigenvalue weighted by Gasteiger charge is -2.10. The third-order valence-corrected chi connectivity index (χ3v) is 5.40. The number of hydrogen-bond donors (Lipinski definition) is 0. The van der Waals surface area contributed by atoms with Gasteiger partial charge in [-0.2, -0.15) is 0 Å². The van der Waals surface area contributed by atoms with E-state index in [1.807, 2.05) is 48.5 Å². The Bertz CT molecular complexity index is 989. The average molecular weight is 422 g/mol. The molecule has 0 bridgehead atoms. The van der Waals surface area contributed by atoms with E-state index in [-0.39, 0.29) is 0 Å². The van der Waals surface area contributed by atoms with Crippen LogP contribution in [0, 0.1) is 0 Å². The van der Waals surface area contributed by atoms with Crippen molar-refractivity contribution in [3.63, 3.8) is 0 Å². The highest BCUT2D eigenvalue weighted by molar-refractivity contribution is 7.99. The van der Waals surface area contributed by atoms with Crippen LogP contribution in [0.2, 0.25) is 5.02 Å². The Kier molecular flexibility index (Phi) is 7.91. The van der Waals surface area contributed by atoms with Gasteiger partial charge in [0.05, 0.1) is 0 Å². The van der Waals surface area contributed by atoms with Crippen molar-refractivity contribution in [1.29, 1.82) is 0 Å². The number of thioether (sulfide) groups is 1. The molecule has 0 aliphatic carbocycles. The first-order valence-corrected chi connectivity index (χ1v) is 11.0. The molecule has 29 heavy (non-hydrogen) atoms. The quantitative estimate of drug-likeness (QED) is 0.273. The van der Waals surface area contributed by atoms with Crippen LogP contribution >= 0.6 is 23.4 Å². The summed E-state index contributed by atoms with van der Waals surface area (Å²) in [5.74, 6) is 1.59. The molecular weight excluding hydrogens is 398 g/mol. The monoisotopic (exact) mass is 421 g/mol. The summed E-state index contributed by atoms with van der Waals surface area (Å²) in [4.78, 5) is 0. The lowest BCUT2D eigenvalue weighted by Crippen LogP contribution is -2.02. The van der Waals surface area contributed by atoms with Crippen molar-refractivity contribution >= 4 is 35.0 Å². The maximum Gasteiger partial charge on any atom is 0.196 e. The van der Waals surface area contributed by atoms with E-state index in [2.05, 4.69) is 58.6 Å². The molecule has 3 aromatic rings. The summed E-state index contributed by atoms with van der Waals surface area (Å²) in [7, 11) is 0. The van der Waals surface area contributed by atoms with Crippen molar-refractivity contribution in [3.05, 3.63) is 95.8 Å². The fourth-order valence-electron chi connectivity index (χ4n) is 2.81. The molecule has 0 radical (unpaired) electrons. The molecule has 0 aliphatic heterocycles. The Morgan fingerprint density at radius 2 is 1.86 bits per heavy atom. The van der Waals surface area contributed by atoms with Gasteiger partial charge in [0.15, 0.2) is 11.0 Å². The molecule has 0 atom stereocenters. The van der Waals surface area contributed by atoms with E-state index in [9.17, 15) is 0 Å². The summed E-state index contributed by atoms with van der Waals surface area (Å²) in [5, 5.41) is 10.5. The predicted molar refractivity (Wildman–Crippen MR) is 126 cm³/mol. The van der Waals surface area contributed by atoms with E-state index >= 15 is 0 Å². The fraction of sp³-hybridized carbons (Fsp3) is 0.167. The average Bonchev–Trinajstić information content (AvgIpc) is 3.17. The van der Waals surface area contributed by atoms with E-state index in [1.165, 1.54) is 5.56 Å². The number of hydrogen-bond acceptors (Lipinski definition) is 3. The summed E-state index contributed by atoms with van der Waals surface area (Å²) in [5.41, 5.74) is 3.15. The minimum absolute atomic E-state index is 0.703. The second-order valence-electron chi connectivity index (χ2n) is 6.39. The van der Waals surface area contributed by atoms with Crippen molar-refractivity contribution in [2.24, 2.45) is 0 Å².